The van der Waals surface area contributed by atoms with E-state index in [1.54, 1.807) is 17.7 Å². The van der Waals surface area contributed by atoms with E-state index in [1.165, 1.54) is 0 Å². The molecule has 1 unspecified atom stereocenters. The van der Waals surface area contributed by atoms with Crippen LogP contribution in [0, 0.1) is 0 Å². The van der Waals surface area contributed by atoms with Crippen molar-refractivity contribution in [3.8, 4) is 0 Å². The Morgan fingerprint density at radius 3 is 2.48 bits per heavy atom. The van der Waals surface area contributed by atoms with Gasteiger partial charge in [0.1, 0.15) is 5.82 Å². The first-order chi connectivity index (χ1) is 13.0. The SMILES string of the molecule is CCCC(=O)N(Cc1ccccc1)C(C)c1nc2ccccc2c(=O)n1C. The van der Waals surface area contributed by atoms with E-state index >= 15 is 0 Å². The van der Waals surface area contributed by atoms with Crippen LogP contribution in [0.2, 0.25) is 0 Å². The van der Waals surface area contributed by atoms with Gasteiger partial charge in [0, 0.05) is 20.0 Å². The Labute approximate surface area is 159 Å². The van der Waals surface area contributed by atoms with Crippen molar-refractivity contribution in [3.63, 3.8) is 0 Å². The molecule has 3 aromatic rings. The van der Waals surface area contributed by atoms with Crippen molar-refractivity contribution in [2.24, 2.45) is 7.05 Å². The zero-order valence-corrected chi connectivity index (χ0v) is 16.1. The molecular formula is C22H25N3O2. The highest BCUT2D eigenvalue weighted by Crippen LogP contribution is 2.23. The van der Waals surface area contributed by atoms with E-state index in [2.05, 4.69) is 0 Å². The van der Waals surface area contributed by atoms with Crippen LogP contribution in [0.3, 0.4) is 0 Å². The molecule has 5 heteroatoms. The molecule has 3 rings (SSSR count). The minimum absolute atomic E-state index is 0.0660. The van der Waals surface area contributed by atoms with E-state index in [-0.39, 0.29) is 17.5 Å². The Kier molecular flexibility index (Phi) is 5.69. The normalized spacial score (nSPS) is 12.1. The van der Waals surface area contributed by atoms with Crippen LogP contribution in [-0.2, 0) is 18.4 Å². The van der Waals surface area contributed by atoms with Gasteiger partial charge in [-0.1, -0.05) is 49.4 Å². The number of hydrogen-bond acceptors (Lipinski definition) is 3. The van der Waals surface area contributed by atoms with Crippen molar-refractivity contribution >= 4 is 16.8 Å². The van der Waals surface area contributed by atoms with E-state index in [0.717, 1.165) is 12.0 Å². The third-order valence-corrected chi connectivity index (χ3v) is 4.84. The molecule has 140 valence electrons. The molecule has 0 aliphatic rings. The van der Waals surface area contributed by atoms with Gasteiger partial charge in [-0.2, -0.15) is 0 Å². The molecule has 1 heterocycles. The van der Waals surface area contributed by atoms with Crippen molar-refractivity contribution in [2.75, 3.05) is 0 Å². The van der Waals surface area contributed by atoms with E-state index in [0.29, 0.717) is 29.7 Å². The summed E-state index contributed by atoms with van der Waals surface area (Å²) in [6.07, 6.45) is 1.25. The summed E-state index contributed by atoms with van der Waals surface area (Å²) in [6, 6.07) is 16.9. The number of carbonyl (C=O) groups is 1. The van der Waals surface area contributed by atoms with Gasteiger partial charge in [-0.15, -0.1) is 0 Å². The van der Waals surface area contributed by atoms with E-state index in [9.17, 15) is 9.59 Å². The Balaban J connectivity index is 2.04. The molecule has 2 aromatic carbocycles. The summed E-state index contributed by atoms with van der Waals surface area (Å²) >= 11 is 0. The standard InChI is InChI=1S/C22H25N3O2/c1-4-10-20(26)25(15-17-11-6-5-7-12-17)16(2)21-23-19-14-9-8-13-18(19)22(27)24(21)3/h5-9,11-14,16H,4,10,15H2,1-3H3. The van der Waals surface area contributed by atoms with Gasteiger partial charge in [-0.25, -0.2) is 4.98 Å². The molecule has 0 radical (unpaired) electrons. The molecule has 0 spiro atoms. The molecule has 27 heavy (non-hydrogen) atoms. The molecule has 0 bridgehead atoms. The van der Waals surface area contributed by atoms with E-state index < -0.39 is 0 Å². The summed E-state index contributed by atoms with van der Waals surface area (Å²) in [6.45, 7) is 4.42. The third-order valence-electron chi connectivity index (χ3n) is 4.84. The minimum Gasteiger partial charge on any atom is -0.328 e. The van der Waals surface area contributed by atoms with Crippen LogP contribution in [0.4, 0.5) is 0 Å². The quantitative estimate of drug-likeness (QED) is 0.669. The molecule has 0 saturated heterocycles. The van der Waals surface area contributed by atoms with Crippen LogP contribution in [0.1, 0.15) is 44.1 Å². The molecule has 1 aromatic heterocycles. The Bertz CT molecular complexity index is 995. The first kappa shape index (κ1) is 18.8. The highest BCUT2D eigenvalue weighted by Gasteiger charge is 2.25. The van der Waals surface area contributed by atoms with Crippen LogP contribution < -0.4 is 5.56 Å². The average Bonchev–Trinajstić information content (AvgIpc) is 2.69. The lowest BCUT2D eigenvalue weighted by Gasteiger charge is -2.30. The lowest BCUT2D eigenvalue weighted by molar-refractivity contribution is -0.134. The second kappa shape index (κ2) is 8.16. The fraction of sp³-hybridized carbons (Fsp3) is 0.318. The van der Waals surface area contributed by atoms with Gasteiger partial charge in [-0.3, -0.25) is 14.2 Å². The first-order valence-electron chi connectivity index (χ1n) is 9.32. The topological polar surface area (TPSA) is 55.2 Å². The molecule has 0 fully saturated rings. The summed E-state index contributed by atoms with van der Waals surface area (Å²) in [5.74, 6) is 0.662. The predicted octanol–water partition coefficient (Wildman–Crippen LogP) is 3.82. The zero-order chi connectivity index (χ0) is 19.4. The summed E-state index contributed by atoms with van der Waals surface area (Å²) in [7, 11) is 1.72. The van der Waals surface area contributed by atoms with Gasteiger partial charge in [0.2, 0.25) is 5.91 Å². The molecule has 0 aliphatic carbocycles. The summed E-state index contributed by atoms with van der Waals surface area (Å²) in [5.41, 5.74) is 1.62. The monoisotopic (exact) mass is 363 g/mol. The molecule has 0 aliphatic heterocycles. The largest absolute Gasteiger partial charge is 0.328 e. The molecule has 0 saturated carbocycles. The highest BCUT2D eigenvalue weighted by molar-refractivity contribution is 5.78. The van der Waals surface area contributed by atoms with Gasteiger partial charge in [0.15, 0.2) is 0 Å². The Hall–Kier alpha value is -2.95. The highest BCUT2D eigenvalue weighted by atomic mass is 16.2. The number of aromatic nitrogens is 2. The molecule has 5 nitrogen and oxygen atoms in total. The van der Waals surface area contributed by atoms with Crippen LogP contribution in [0.25, 0.3) is 10.9 Å². The number of carbonyl (C=O) groups excluding carboxylic acids is 1. The predicted molar refractivity (Wildman–Crippen MR) is 107 cm³/mol. The third kappa shape index (κ3) is 3.92. The van der Waals surface area contributed by atoms with Crippen molar-refractivity contribution in [2.45, 2.75) is 39.3 Å². The van der Waals surface area contributed by atoms with Crippen molar-refractivity contribution in [1.29, 1.82) is 0 Å². The van der Waals surface area contributed by atoms with E-state index in [1.807, 2.05) is 67.3 Å². The Morgan fingerprint density at radius 2 is 1.78 bits per heavy atom. The molecule has 1 atom stereocenters. The second-order valence-electron chi connectivity index (χ2n) is 6.78. The lowest BCUT2D eigenvalue weighted by Crippen LogP contribution is -2.36. The summed E-state index contributed by atoms with van der Waals surface area (Å²) in [4.78, 5) is 32.1. The maximum atomic E-state index is 12.8. The zero-order valence-electron chi connectivity index (χ0n) is 16.1. The van der Waals surface area contributed by atoms with Crippen LogP contribution in [-0.4, -0.2) is 20.4 Å². The number of hydrogen-bond donors (Lipinski definition) is 0. The van der Waals surface area contributed by atoms with E-state index in [4.69, 9.17) is 4.98 Å². The number of para-hydroxylation sites is 1. The Morgan fingerprint density at radius 1 is 1.11 bits per heavy atom. The number of fused-ring (bicyclic) bond motifs is 1. The fourth-order valence-electron chi connectivity index (χ4n) is 3.33. The van der Waals surface area contributed by atoms with Gasteiger partial charge < -0.3 is 4.90 Å². The maximum absolute atomic E-state index is 12.8. The number of nitrogens with zero attached hydrogens (tertiary/aromatic N) is 3. The van der Waals surface area contributed by atoms with Crippen molar-refractivity contribution in [3.05, 3.63) is 76.3 Å². The van der Waals surface area contributed by atoms with Crippen molar-refractivity contribution < 1.29 is 4.79 Å². The lowest BCUT2D eigenvalue weighted by atomic mass is 10.1. The molecule has 1 amide bonds. The van der Waals surface area contributed by atoms with Gasteiger partial charge in [0.25, 0.3) is 5.56 Å². The number of benzene rings is 2. The minimum atomic E-state index is -0.313. The van der Waals surface area contributed by atoms with Crippen molar-refractivity contribution in [1.82, 2.24) is 14.5 Å². The van der Waals surface area contributed by atoms with Gasteiger partial charge in [-0.05, 0) is 31.0 Å². The number of amides is 1. The second-order valence-corrected chi connectivity index (χ2v) is 6.78. The number of rotatable bonds is 6. The fourth-order valence-corrected chi connectivity index (χ4v) is 3.33. The van der Waals surface area contributed by atoms with Crippen LogP contribution in [0.15, 0.2) is 59.4 Å². The average molecular weight is 363 g/mol. The summed E-state index contributed by atoms with van der Waals surface area (Å²) in [5, 5.41) is 0.588. The van der Waals surface area contributed by atoms with Crippen LogP contribution >= 0.6 is 0 Å². The first-order valence-corrected chi connectivity index (χ1v) is 9.32. The van der Waals surface area contributed by atoms with Gasteiger partial charge in [0.05, 0.1) is 16.9 Å². The molecule has 0 N–H and O–H groups in total. The van der Waals surface area contributed by atoms with Crippen LogP contribution in [0.5, 0.6) is 0 Å². The summed E-state index contributed by atoms with van der Waals surface area (Å²) < 4.78 is 1.56. The molecular weight excluding hydrogens is 338 g/mol. The smallest absolute Gasteiger partial charge is 0.261 e. The maximum Gasteiger partial charge on any atom is 0.261 e. The van der Waals surface area contributed by atoms with Gasteiger partial charge >= 0.3 is 0 Å².